The van der Waals surface area contributed by atoms with Crippen molar-refractivity contribution in [3.8, 4) is 0 Å². The second-order valence-corrected chi connectivity index (χ2v) is 10.1. The highest BCUT2D eigenvalue weighted by atomic mass is 19.1. The SMILES string of the molecule is Fc1ccccc1CNCc1ccc(CN(Cc2nc3ccccc3[nH]2)C2CCCc3cccnc32)cc1. The van der Waals surface area contributed by atoms with E-state index in [0.29, 0.717) is 18.7 Å². The monoisotopic (exact) mass is 505 g/mol. The number of benzene rings is 3. The molecule has 5 nitrogen and oxygen atoms in total. The molecule has 0 amide bonds. The van der Waals surface area contributed by atoms with Gasteiger partial charge in [-0.3, -0.25) is 9.88 Å². The van der Waals surface area contributed by atoms with Gasteiger partial charge in [-0.1, -0.05) is 60.7 Å². The Kier molecular flexibility index (Phi) is 7.25. The smallest absolute Gasteiger partial charge is 0.127 e. The van der Waals surface area contributed by atoms with E-state index in [1.807, 2.05) is 36.5 Å². The van der Waals surface area contributed by atoms with Gasteiger partial charge in [-0.2, -0.15) is 0 Å². The van der Waals surface area contributed by atoms with E-state index in [2.05, 4.69) is 57.7 Å². The fraction of sp³-hybridized carbons (Fsp3) is 0.250. The molecule has 0 aliphatic heterocycles. The summed E-state index contributed by atoms with van der Waals surface area (Å²) in [5.41, 5.74) is 7.74. The van der Waals surface area contributed by atoms with Crippen molar-refractivity contribution < 1.29 is 4.39 Å². The number of aryl methyl sites for hydroxylation is 1. The number of aromatic amines is 1. The van der Waals surface area contributed by atoms with Crippen LogP contribution in [0.1, 0.15) is 52.7 Å². The van der Waals surface area contributed by atoms with Crippen molar-refractivity contribution in [1.82, 2.24) is 25.2 Å². The van der Waals surface area contributed by atoms with Crippen LogP contribution in [0, 0.1) is 5.82 Å². The molecule has 38 heavy (non-hydrogen) atoms. The Balaban J connectivity index is 1.19. The Morgan fingerprint density at radius 1 is 0.868 bits per heavy atom. The highest BCUT2D eigenvalue weighted by molar-refractivity contribution is 5.74. The zero-order valence-electron chi connectivity index (χ0n) is 21.4. The van der Waals surface area contributed by atoms with E-state index >= 15 is 0 Å². The van der Waals surface area contributed by atoms with Crippen LogP contribution in [0.5, 0.6) is 0 Å². The highest BCUT2D eigenvalue weighted by Crippen LogP contribution is 2.34. The second-order valence-electron chi connectivity index (χ2n) is 10.1. The van der Waals surface area contributed by atoms with E-state index in [1.165, 1.54) is 28.5 Å². The van der Waals surface area contributed by atoms with Crippen LogP contribution in [0.3, 0.4) is 0 Å². The number of para-hydroxylation sites is 2. The van der Waals surface area contributed by atoms with Crippen LogP contribution in [-0.2, 0) is 32.6 Å². The molecule has 0 spiro atoms. The molecule has 2 N–H and O–H groups in total. The Hall–Kier alpha value is -3.87. The van der Waals surface area contributed by atoms with E-state index < -0.39 is 0 Å². The molecule has 1 aliphatic carbocycles. The first-order valence-electron chi connectivity index (χ1n) is 13.4. The Bertz CT molecular complexity index is 1480. The summed E-state index contributed by atoms with van der Waals surface area (Å²) in [5.74, 6) is 0.807. The molecule has 192 valence electrons. The third-order valence-electron chi connectivity index (χ3n) is 7.41. The minimum absolute atomic E-state index is 0.168. The van der Waals surface area contributed by atoms with Gasteiger partial charge in [0.25, 0.3) is 0 Å². The van der Waals surface area contributed by atoms with Crippen molar-refractivity contribution in [1.29, 1.82) is 0 Å². The van der Waals surface area contributed by atoms with E-state index in [4.69, 9.17) is 9.97 Å². The van der Waals surface area contributed by atoms with Crippen LogP contribution < -0.4 is 5.32 Å². The summed E-state index contributed by atoms with van der Waals surface area (Å²) in [7, 11) is 0. The lowest BCUT2D eigenvalue weighted by atomic mass is 9.90. The maximum absolute atomic E-state index is 13.9. The van der Waals surface area contributed by atoms with E-state index in [-0.39, 0.29) is 11.9 Å². The number of fused-ring (bicyclic) bond motifs is 2. The molecule has 0 saturated heterocycles. The average Bonchev–Trinajstić information content (AvgIpc) is 3.37. The van der Waals surface area contributed by atoms with Gasteiger partial charge < -0.3 is 10.3 Å². The Morgan fingerprint density at radius 3 is 2.55 bits per heavy atom. The Labute approximate surface area is 222 Å². The quantitative estimate of drug-likeness (QED) is 0.241. The van der Waals surface area contributed by atoms with Crippen LogP contribution in [-0.4, -0.2) is 19.9 Å². The zero-order valence-corrected chi connectivity index (χ0v) is 21.4. The van der Waals surface area contributed by atoms with Gasteiger partial charge in [0.05, 0.1) is 29.3 Å². The summed E-state index contributed by atoms with van der Waals surface area (Å²) in [4.78, 5) is 15.7. The van der Waals surface area contributed by atoms with Gasteiger partial charge in [0, 0.05) is 31.4 Å². The minimum atomic E-state index is -0.168. The number of hydrogen-bond acceptors (Lipinski definition) is 4. The molecule has 6 rings (SSSR count). The third-order valence-corrected chi connectivity index (χ3v) is 7.41. The number of hydrogen-bond donors (Lipinski definition) is 2. The maximum Gasteiger partial charge on any atom is 0.127 e. The summed E-state index contributed by atoms with van der Waals surface area (Å²) in [6, 6.07) is 28.3. The summed E-state index contributed by atoms with van der Waals surface area (Å²) < 4.78 is 13.9. The number of halogens is 1. The number of aromatic nitrogens is 3. The van der Waals surface area contributed by atoms with E-state index in [0.717, 1.165) is 49.2 Å². The molecular weight excluding hydrogens is 473 g/mol. The average molecular weight is 506 g/mol. The lowest BCUT2D eigenvalue weighted by Crippen LogP contribution is -2.31. The Morgan fingerprint density at radius 2 is 1.68 bits per heavy atom. The fourth-order valence-electron chi connectivity index (χ4n) is 5.47. The third kappa shape index (κ3) is 5.52. The van der Waals surface area contributed by atoms with Crippen molar-refractivity contribution >= 4 is 11.0 Å². The van der Waals surface area contributed by atoms with Gasteiger partial charge in [0.15, 0.2) is 0 Å². The molecule has 0 radical (unpaired) electrons. The molecule has 1 aliphatic rings. The summed E-state index contributed by atoms with van der Waals surface area (Å²) in [6.07, 6.45) is 5.25. The first-order valence-corrected chi connectivity index (χ1v) is 13.4. The number of imidazole rings is 1. The van der Waals surface area contributed by atoms with Crippen molar-refractivity contribution in [3.05, 3.63) is 131 Å². The summed E-state index contributed by atoms with van der Waals surface area (Å²) in [5, 5.41) is 3.36. The van der Waals surface area contributed by atoms with E-state index in [9.17, 15) is 4.39 Å². The maximum atomic E-state index is 13.9. The normalized spacial score (nSPS) is 15.2. The van der Waals surface area contributed by atoms with Gasteiger partial charge in [-0.05, 0) is 60.2 Å². The van der Waals surface area contributed by atoms with Gasteiger partial charge in [-0.25, -0.2) is 9.37 Å². The van der Waals surface area contributed by atoms with Crippen molar-refractivity contribution in [3.63, 3.8) is 0 Å². The molecule has 1 unspecified atom stereocenters. The predicted molar refractivity (Wildman–Crippen MR) is 149 cm³/mol. The first kappa shape index (κ1) is 24.5. The first-order chi connectivity index (χ1) is 18.7. The van der Waals surface area contributed by atoms with Gasteiger partial charge in [0.2, 0.25) is 0 Å². The molecule has 6 heteroatoms. The molecule has 0 fully saturated rings. The second kappa shape index (κ2) is 11.3. The number of rotatable bonds is 9. The molecule has 1 atom stereocenters. The summed E-state index contributed by atoms with van der Waals surface area (Å²) >= 11 is 0. The minimum Gasteiger partial charge on any atom is -0.341 e. The molecule has 2 heterocycles. The standard InChI is InChI=1S/C32H32FN5/c33-27-10-2-1-7-26(27)20-34-19-23-14-16-24(17-15-23)21-38(22-31-36-28-11-3-4-12-29(28)37-31)30-13-5-8-25-9-6-18-35-32(25)30/h1-4,6-7,9-12,14-18,30,34H,5,8,13,19-22H2,(H,36,37). The molecule has 5 aromatic rings. The van der Waals surface area contributed by atoms with Crippen LogP contribution >= 0.6 is 0 Å². The van der Waals surface area contributed by atoms with Crippen LogP contribution in [0.15, 0.2) is 91.1 Å². The van der Waals surface area contributed by atoms with Crippen LogP contribution in [0.2, 0.25) is 0 Å². The molecule has 3 aromatic carbocycles. The van der Waals surface area contributed by atoms with Crippen LogP contribution in [0.4, 0.5) is 4.39 Å². The van der Waals surface area contributed by atoms with E-state index in [1.54, 1.807) is 6.07 Å². The number of H-pyrrole nitrogens is 1. The van der Waals surface area contributed by atoms with Gasteiger partial charge in [-0.15, -0.1) is 0 Å². The lowest BCUT2D eigenvalue weighted by Gasteiger charge is -2.34. The highest BCUT2D eigenvalue weighted by Gasteiger charge is 2.28. The number of pyridine rings is 1. The number of nitrogens with one attached hydrogen (secondary N) is 2. The lowest BCUT2D eigenvalue weighted by molar-refractivity contribution is 0.153. The van der Waals surface area contributed by atoms with Crippen molar-refractivity contribution in [2.45, 2.75) is 51.5 Å². The van der Waals surface area contributed by atoms with Crippen molar-refractivity contribution in [2.24, 2.45) is 0 Å². The van der Waals surface area contributed by atoms with Crippen LogP contribution in [0.25, 0.3) is 11.0 Å². The predicted octanol–water partition coefficient (Wildman–Crippen LogP) is 6.47. The van der Waals surface area contributed by atoms with Gasteiger partial charge >= 0.3 is 0 Å². The topological polar surface area (TPSA) is 56.8 Å². The zero-order chi connectivity index (χ0) is 25.7. The molecule has 2 aromatic heterocycles. The number of nitrogens with zero attached hydrogens (tertiary/aromatic N) is 3. The molecule has 0 bridgehead atoms. The largest absolute Gasteiger partial charge is 0.341 e. The van der Waals surface area contributed by atoms with Crippen molar-refractivity contribution in [2.75, 3.05) is 0 Å². The summed E-state index contributed by atoms with van der Waals surface area (Å²) in [6.45, 7) is 2.73. The molecule has 0 saturated carbocycles. The molecular formula is C32H32FN5. The fourth-order valence-corrected chi connectivity index (χ4v) is 5.47. The van der Waals surface area contributed by atoms with Gasteiger partial charge in [0.1, 0.15) is 11.6 Å².